The lowest BCUT2D eigenvalue weighted by Gasteiger charge is -2.37. The monoisotopic (exact) mass is 348 g/mol. The third-order valence-electron chi connectivity index (χ3n) is 4.24. The minimum atomic E-state index is -0.551. The highest BCUT2D eigenvalue weighted by Crippen LogP contribution is 2.34. The lowest BCUT2D eigenvalue weighted by molar-refractivity contribution is -0.0758. The van der Waals surface area contributed by atoms with E-state index in [4.69, 9.17) is 9.57 Å². The van der Waals surface area contributed by atoms with Crippen molar-refractivity contribution in [2.24, 2.45) is 0 Å². The van der Waals surface area contributed by atoms with E-state index in [-0.39, 0.29) is 18.0 Å². The van der Waals surface area contributed by atoms with Gasteiger partial charge in [0.2, 0.25) is 0 Å². The first kappa shape index (κ1) is 19.2. The largest absolute Gasteiger partial charge is 0.444 e. The minimum Gasteiger partial charge on any atom is -0.444 e. The van der Waals surface area contributed by atoms with Crippen molar-refractivity contribution in [2.45, 2.75) is 51.7 Å². The first-order valence-electron chi connectivity index (χ1n) is 8.65. The highest BCUT2D eigenvalue weighted by atomic mass is 16.7. The predicted molar refractivity (Wildman–Crippen MR) is 95.1 cm³/mol. The van der Waals surface area contributed by atoms with Crippen molar-refractivity contribution in [2.75, 3.05) is 20.7 Å². The summed E-state index contributed by atoms with van der Waals surface area (Å²) in [5.74, 6) is -0.229. The maximum Gasteiger partial charge on any atom is 0.410 e. The van der Waals surface area contributed by atoms with Gasteiger partial charge in [-0.2, -0.15) is 0 Å². The van der Waals surface area contributed by atoms with Crippen LogP contribution in [0.5, 0.6) is 0 Å². The topological polar surface area (TPSA) is 59.1 Å². The van der Waals surface area contributed by atoms with Gasteiger partial charge in [0.15, 0.2) is 0 Å². The van der Waals surface area contributed by atoms with Crippen molar-refractivity contribution < 1.29 is 19.2 Å². The van der Waals surface area contributed by atoms with Crippen LogP contribution in [0.1, 0.15) is 62.0 Å². The molecule has 6 nitrogen and oxygen atoms in total. The van der Waals surface area contributed by atoms with Gasteiger partial charge in [-0.15, -0.1) is 0 Å². The van der Waals surface area contributed by atoms with Crippen molar-refractivity contribution in [3.05, 3.63) is 35.4 Å². The molecule has 0 radical (unpaired) electrons. The van der Waals surface area contributed by atoms with Crippen molar-refractivity contribution in [3.63, 3.8) is 0 Å². The molecule has 0 N–H and O–H groups in total. The van der Waals surface area contributed by atoms with Gasteiger partial charge >= 0.3 is 6.09 Å². The van der Waals surface area contributed by atoms with Gasteiger partial charge in [0.25, 0.3) is 5.91 Å². The molecule has 2 amide bonds. The Bertz CT molecular complexity index is 624. The number of carbonyl (C=O) groups excluding carboxylic acids is 2. The summed E-state index contributed by atoms with van der Waals surface area (Å²) in [5.41, 5.74) is 0.833. The summed E-state index contributed by atoms with van der Waals surface area (Å²) in [5, 5.41) is 1.19. The standard InChI is InChI=1S/C19H28N2O4/c1-19(2,3)25-18(23)21-13-9-8-12-16(21)14-10-6-7-11-15(14)17(22)20(4)24-5/h6-7,10-11,16H,8-9,12-13H2,1-5H3. The Balaban J connectivity index is 2.34. The number of piperidine rings is 1. The van der Waals surface area contributed by atoms with Crippen LogP contribution in [-0.4, -0.2) is 48.3 Å². The van der Waals surface area contributed by atoms with Crippen LogP contribution in [0, 0.1) is 0 Å². The number of rotatable bonds is 3. The Kier molecular flexibility index (Phi) is 6.06. The molecule has 0 bridgehead atoms. The van der Waals surface area contributed by atoms with Gasteiger partial charge in [-0.25, -0.2) is 9.86 Å². The fraction of sp³-hybridized carbons (Fsp3) is 0.579. The summed E-state index contributed by atoms with van der Waals surface area (Å²) in [6.07, 6.45) is 2.41. The molecule has 2 rings (SSSR count). The molecule has 138 valence electrons. The van der Waals surface area contributed by atoms with Gasteiger partial charge < -0.3 is 9.64 Å². The maximum absolute atomic E-state index is 12.7. The van der Waals surface area contributed by atoms with Crippen LogP contribution in [0.4, 0.5) is 4.79 Å². The fourth-order valence-corrected chi connectivity index (χ4v) is 3.03. The van der Waals surface area contributed by atoms with Gasteiger partial charge in [-0.05, 0) is 51.7 Å². The van der Waals surface area contributed by atoms with E-state index in [0.29, 0.717) is 12.1 Å². The van der Waals surface area contributed by atoms with E-state index in [1.165, 1.54) is 12.2 Å². The van der Waals surface area contributed by atoms with Crippen LogP contribution >= 0.6 is 0 Å². The molecular weight excluding hydrogens is 320 g/mol. The number of ether oxygens (including phenoxy) is 1. The van der Waals surface area contributed by atoms with E-state index in [1.54, 1.807) is 18.0 Å². The zero-order valence-corrected chi connectivity index (χ0v) is 15.7. The molecule has 1 aromatic rings. The molecule has 0 aliphatic carbocycles. The number of amides is 2. The average Bonchev–Trinajstić information content (AvgIpc) is 2.59. The molecule has 1 aromatic carbocycles. The molecule has 0 aromatic heterocycles. The molecule has 0 spiro atoms. The Labute approximate surface area is 149 Å². The van der Waals surface area contributed by atoms with Crippen molar-refractivity contribution >= 4 is 12.0 Å². The highest BCUT2D eigenvalue weighted by molar-refractivity contribution is 5.95. The van der Waals surface area contributed by atoms with Crippen LogP contribution in [0.15, 0.2) is 24.3 Å². The molecule has 6 heteroatoms. The SMILES string of the molecule is CON(C)C(=O)c1ccccc1C1CCCCN1C(=O)OC(C)(C)C. The molecule has 1 heterocycles. The van der Waals surface area contributed by atoms with Gasteiger partial charge in [0, 0.05) is 19.2 Å². The van der Waals surface area contributed by atoms with E-state index in [9.17, 15) is 9.59 Å². The van der Waals surface area contributed by atoms with Crippen LogP contribution < -0.4 is 0 Å². The third kappa shape index (κ3) is 4.72. The number of carbonyl (C=O) groups is 2. The highest BCUT2D eigenvalue weighted by Gasteiger charge is 2.33. The molecule has 1 aliphatic heterocycles. The molecule has 1 atom stereocenters. The second-order valence-corrected chi connectivity index (χ2v) is 7.26. The first-order valence-corrected chi connectivity index (χ1v) is 8.65. The molecule has 1 saturated heterocycles. The van der Waals surface area contributed by atoms with Gasteiger partial charge in [0.1, 0.15) is 5.60 Å². The zero-order chi connectivity index (χ0) is 18.6. The molecule has 1 unspecified atom stereocenters. The molecule has 1 fully saturated rings. The second-order valence-electron chi connectivity index (χ2n) is 7.26. The minimum absolute atomic E-state index is 0.172. The lowest BCUT2D eigenvalue weighted by Crippen LogP contribution is -2.42. The number of hydrogen-bond donors (Lipinski definition) is 0. The maximum atomic E-state index is 12.7. The average molecular weight is 348 g/mol. The number of hydroxylamine groups is 2. The first-order chi connectivity index (χ1) is 11.7. The second kappa shape index (κ2) is 7.87. The zero-order valence-electron chi connectivity index (χ0n) is 15.7. The van der Waals surface area contributed by atoms with E-state index in [1.807, 2.05) is 39.0 Å². The van der Waals surface area contributed by atoms with Gasteiger partial charge in [-0.3, -0.25) is 9.63 Å². The van der Waals surface area contributed by atoms with Crippen molar-refractivity contribution in [1.82, 2.24) is 9.96 Å². The van der Waals surface area contributed by atoms with E-state index < -0.39 is 5.60 Å². The summed E-state index contributed by atoms with van der Waals surface area (Å²) in [6, 6.07) is 7.22. The number of benzene rings is 1. The summed E-state index contributed by atoms with van der Waals surface area (Å²) < 4.78 is 5.56. The van der Waals surface area contributed by atoms with Crippen LogP contribution in [-0.2, 0) is 9.57 Å². The van der Waals surface area contributed by atoms with E-state index in [2.05, 4.69) is 0 Å². The fourth-order valence-electron chi connectivity index (χ4n) is 3.03. The Morgan fingerprint density at radius 2 is 1.88 bits per heavy atom. The summed E-state index contributed by atoms with van der Waals surface area (Å²) >= 11 is 0. The number of likely N-dealkylation sites (tertiary alicyclic amines) is 1. The summed E-state index contributed by atoms with van der Waals surface area (Å²) in [4.78, 5) is 32.0. The summed E-state index contributed by atoms with van der Waals surface area (Å²) in [7, 11) is 3.03. The molecular formula is C19H28N2O4. The Morgan fingerprint density at radius 3 is 2.52 bits per heavy atom. The molecule has 1 aliphatic rings. The van der Waals surface area contributed by atoms with Gasteiger partial charge in [-0.1, -0.05) is 18.2 Å². The summed E-state index contributed by atoms with van der Waals surface area (Å²) in [6.45, 7) is 6.20. The molecule has 25 heavy (non-hydrogen) atoms. The Morgan fingerprint density at radius 1 is 1.20 bits per heavy atom. The lowest BCUT2D eigenvalue weighted by atomic mass is 9.91. The Hall–Kier alpha value is -2.08. The van der Waals surface area contributed by atoms with Crippen LogP contribution in [0.2, 0.25) is 0 Å². The van der Waals surface area contributed by atoms with Crippen LogP contribution in [0.25, 0.3) is 0 Å². The number of hydrogen-bond acceptors (Lipinski definition) is 4. The van der Waals surface area contributed by atoms with Gasteiger partial charge in [0.05, 0.1) is 13.2 Å². The normalized spacial score (nSPS) is 18.0. The third-order valence-corrected chi connectivity index (χ3v) is 4.24. The number of nitrogens with zero attached hydrogens (tertiary/aromatic N) is 2. The van der Waals surface area contributed by atoms with Crippen molar-refractivity contribution in [1.29, 1.82) is 0 Å². The predicted octanol–water partition coefficient (Wildman–Crippen LogP) is 3.78. The molecule has 0 saturated carbocycles. The smallest absolute Gasteiger partial charge is 0.410 e. The van der Waals surface area contributed by atoms with E-state index in [0.717, 1.165) is 24.8 Å². The quantitative estimate of drug-likeness (QED) is 0.780. The van der Waals surface area contributed by atoms with E-state index >= 15 is 0 Å². The van der Waals surface area contributed by atoms with Crippen LogP contribution in [0.3, 0.4) is 0 Å². The van der Waals surface area contributed by atoms with Crippen molar-refractivity contribution in [3.8, 4) is 0 Å².